The molecule has 8 heteroatoms. The second-order valence-corrected chi connectivity index (χ2v) is 7.42. The van der Waals surface area contributed by atoms with Gasteiger partial charge in [-0.15, -0.1) is 5.10 Å². The van der Waals surface area contributed by atoms with Crippen LogP contribution in [0.3, 0.4) is 0 Å². The number of hydrogen-bond donors (Lipinski definition) is 1. The number of unbranched alkanes of at least 4 members (excludes halogenated alkanes) is 1. The van der Waals surface area contributed by atoms with E-state index in [1.807, 2.05) is 43.7 Å². The number of nitrogens with zero attached hydrogens (tertiary/aromatic N) is 4. The monoisotopic (exact) mass is 379 g/mol. The number of nitrogens with one attached hydrogen (secondary N) is 1. The van der Waals surface area contributed by atoms with Crippen molar-refractivity contribution in [2.24, 2.45) is 0 Å². The summed E-state index contributed by atoms with van der Waals surface area (Å²) in [6.07, 6.45) is 7.50. The molecule has 8 nitrogen and oxygen atoms in total. The number of amides is 1. The van der Waals surface area contributed by atoms with E-state index in [-0.39, 0.29) is 17.3 Å². The molecule has 1 aromatic heterocycles. The second kappa shape index (κ2) is 11.6. The molecule has 0 fully saturated rings. The summed E-state index contributed by atoms with van der Waals surface area (Å²) in [6, 6.07) is 0. The molecular weight excluding hydrogens is 346 g/mol. The first kappa shape index (κ1) is 23.0. The Balaban J connectivity index is 2.26. The van der Waals surface area contributed by atoms with Gasteiger partial charge in [0.05, 0.1) is 24.6 Å². The van der Waals surface area contributed by atoms with Gasteiger partial charge in [0.25, 0.3) is 0 Å². The van der Waals surface area contributed by atoms with Crippen LogP contribution in [0.15, 0.2) is 18.3 Å². The molecule has 27 heavy (non-hydrogen) atoms. The summed E-state index contributed by atoms with van der Waals surface area (Å²) in [5, 5.41) is 11.1. The molecule has 0 aromatic carbocycles. The largest absolute Gasteiger partial charge is 0.358 e. The van der Waals surface area contributed by atoms with Crippen molar-refractivity contribution in [2.75, 3.05) is 27.4 Å². The first-order chi connectivity index (χ1) is 12.7. The maximum Gasteiger partial charge on any atom is 0.244 e. The first-order valence-electron chi connectivity index (χ1n) is 9.38. The van der Waals surface area contributed by atoms with Gasteiger partial charge in [-0.25, -0.2) is 4.68 Å². The topological polar surface area (TPSA) is 89.4 Å². The van der Waals surface area contributed by atoms with Crippen molar-refractivity contribution in [2.45, 2.75) is 58.6 Å². The van der Waals surface area contributed by atoms with Crippen molar-refractivity contribution in [3.05, 3.63) is 24.0 Å². The SMILES string of the molecule is CCC(=O)/C=C/C(=O)NCCCCc1cn(CC(C)(C)OCN(C)C)nn1. The molecule has 0 atom stereocenters. The molecule has 1 rings (SSSR count). The van der Waals surface area contributed by atoms with E-state index in [0.717, 1.165) is 25.0 Å². The summed E-state index contributed by atoms with van der Waals surface area (Å²) >= 11 is 0. The average molecular weight is 380 g/mol. The molecular formula is C19H33N5O3. The number of aromatic nitrogens is 3. The van der Waals surface area contributed by atoms with Gasteiger partial charge in [-0.05, 0) is 53.3 Å². The van der Waals surface area contributed by atoms with Gasteiger partial charge in [-0.2, -0.15) is 0 Å². The van der Waals surface area contributed by atoms with E-state index in [0.29, 0.717) is 26.2 Å². The number of carbonyl (C=O) groups is 2. The van der Waals surface area contributed by atoms with E-state index < -0.39 is 0 Å². The van der Waals surface area contributed by atoms with Crippen LogP contribution < -0.4 is 5.32 Å². The van der Waals surface area contributed by atoms with E-state index in [4.69, 9.17) is 4.74 Å². The predicted molar refractivity (Wildman–Crippen MR) is 104 cm³/mol. The second-order valence-electron chi connectivity index (χ2n) is 7.42. The summed E-state index contributed by atoms with van der Waals surface area (Å²) in [7, 11) is 3.93. The highest BCUT2D eigenvalue weighted by Crippen LogP contribution is 2.12. The van der Waals surface area contributed by atoms with Crippen molar-refractivity contribution in [1.82, 2.24) is 25.2 Å². The molecule has 0 spiro atoms. The number of hydrogen-bond acceptors (Lipinski definition) is 6. The van der Waals surface area contributed by atoms with E-state index in [1.165, 1.54) is 12.2 Å². The number of carbonyl (C=O) groups excluding carboxylic acids is 2. The summed E-state index contributed by atoms with van der Waals surface area (Å²) < 4.78 is 7.66. The van der Waals surface area contributed by atoms with Gasteiger partial charge in [0.1, 0.15) is 0 Å². The lowest BCUT2D eigenvalue weighted by molar-refractivity contribution is -0.117. The van der Waals surface area contributed by atoms with Crippen molar-refractivity contribution >= 4 is 11.7 Å². The van der Waals surface area contributed by atoms with Gasteiger partial charge in [-0.1, -0.05) is 12.1 Å². The van der Waals surface area contributed by atoms with Crippen molar-refractivity contribution < 1.29 is 14.3 Å². The molecule has 0 saturated heterocycles. The van der Waals surface area contributed by atoms with Gasteiger partial charge in [-0.3, -0.25) is 14.5 Å². The third kappa shape index (κ3) is 10.6. The number of aryl methyl sites for hydroxylation is 1. The maximum absolute atomic E-state index is 11.5. The van der Waals surface area contributed by atoms with Gasteiger partial charge in [0.2, 0.25) is 5.91 Å². The van der Waals surface area contributed by atoms with Crippen LogP contribution in [0.2, 0.25) is 0 Å². The lowest BCUT2D eigenvalue weighted by Gasteiger charge is -2.26. The summed E-state index contributed by atoms with van der Waals surface area (Å²) in [4.78, 5) is 24.6. The van der Waals surface area contributed by atoms with E-state index in [9.17, 15) is 9.59 Å². The van der Waals surface area contributed by atoms with Gasteiger partial charge in [0.15, 0.2) is 5.78 Å². The molecule has 0 aliphatic rings. The van der Waals surface area contributed by atoms with Crippen LogP contribution in [0.4, 0.5) is 0 Å². The van der Waals surface area contributed by atoms with Crippen LogP contribution >= 0.6 is 0 Å². The number of ether oxygens (including phenoxy) is 1. The molecule has 152 valence electrons. The number of ketones is 1. The average Bonchev–Trinajstić information content (AvgIpc) is 3.04. The Hall–Kier alpha value is -2.06. The van der Waals surface area contributed by atoms with Gasteiger partial charge < -0.3 is 10.1 Å². The van der Waals surface area contributed by atoms with Crippen molar-refractivity contribution in [1.29, 1.82) is 0 Å². The van der Waals surface area contributed by atoms with E-state index >= 15 is 0 Å². The van der Waals surface area contributed by atoms with Crippen LogP contribution in [0.25, 0.3) is 0 Å². The van der Waals surface area contributed by atoms with Crippen molar-refractivity contribution in [3.8, 4) is 0 Å². The Kier molecular flexibility index (Phi) is 9.88. The quantitative estimate of drug-likeness (QED) is 0.318. The number of allylic oxidation sites excluding steroid dienone is 1. The van der Waals surface area contributed by atoms with Crippen LogP contribution in [0.5, 0.6) is 0 Å². The Labute approximate surface area is 161 Å². The molecule has 0 radical (unpaired) electrons. The zero-order valence-electron chi connectivity index (χ0n) is 17.2. The molecule has 0 aliphatic heterocycles. The summed E-state index contributed by atoms with van der Waals surface area (Å²) in [6.45, 7) is 7.59. The van der Waals surface area contributed by atoms with Crippen LogP contribution in [-0.2, 0) is 27.3 Å². The molecule has 1 heterocycles. The smallest absolute Gasteiger partial charge is 0.244 e. The fourth-order valence-electron chi connectivity index (χ4n) is 2.26. The minimum Gasteiger partial charge on any atom is -0.358 e. The molecule has 1 aromatic rings. The van der Waals surface area contributed by atoms with Gasteiger partial charge >= 0.3 is 0 Å². The minimum atomic E-state index is -0.327. The van der Waals surface area contributed by atoms with Crippen LogP contribution in [0.1, 0.15) is 45.7 Å². The third-order valence-electron chi connectivity index (χ3n) is 3.77. The highest BCUT2D eigenvalue weighted by molar-refractivity contribution is 5.97. The van der Waals surface area contributed by atoms with Crippen LogP contribution in [0, 0.1) is 0 Å². The molecule has 1 N–H and O–H groups in total. The van der Waals surface area contributed by atoms with Gasteiger partial charge in [0, 0.05) is 25.2 Å². The zero-order valence-corrected chi connectivity index (χ0v) is 17.2. The standard InChI is InChI=1S/C19H33N5O3/c1-6-17(25)10-11-18(26)20-12-8-7-9-16-13-24(22-21-16)14-19(2,3)27-15-23(4)5/h10-11,13H,6-9,12,14-15H2,1-5H3,(H,20,26)/b11-10+. The molecule has 0 bridgehead atoms. The summed E-state index contributed by atoms with van der Waals surface area (Å²) in [5.74, 6) is -0.286. The third-order valence-corrected chi connectivity index (χ3v) is 3.77. The molecule has 0 unspecified atom stereocenters. The highest BCUT2D eigenvalue weighted by atomic mass is 16.5. The number of rotatable bonds is 13. The molecule has 1 amide bonds. The Morgan fingerprint density at radius 1 is 1.30 bits per heavy atom. The lowest BCUT2D eigenvalue weighted by Crippen LogP contribution is -2.34. The maximum atomic E-state index is 11.5. The molecule has 0 saturated carbocycles. The van der Waals surface area contributed by atoms with Crippen molar-refractivity contribution in [3.63, 3.8) is 0 Å². The lowest BCUT2D eigenvalue weighted by atomic mass is 10.1. The normalized spacial score (nSPS) is 12.1. The zero-order chi connectivity index (χ0) is 20.3. The Bertz CT molecular complexity index is 623. The first-order valence-corrected chi connectivity index (χ1v) is 9.38. The Morgan fingerprint density at radius 2 is 2.04 bits per heavy atom. The molecule has 0 aliphatic carbocycles. The fraction of sp³-hybridized carbons (Fsp3) is 0.684. The van der Waals surface area contributed by atoms with E-state index in [2.05, 4.69) is 15.6 Å². The fourth-order valence-corrected chi connectivity index (χ4v) is 2.26. The Morgan fingerprint density at radius 3 is 2.70 bits per heavy atom. The summed E-state index contributed by atoms with van der Waals surface area (Å²) in [5.41, 5.74) is 0.602. The predicted octanol–water partition coefficient (Wildman–Crippen LogP) is 1.57. The van der Waals surface area contributed by atoms with E-state index in [1.54, 1.807) is 6.92 Å². The minimum absolute atomic E-state index is 0.0523. The highest BCUT2D eigenvalue weighted by Gasteiger charge is 2.20. The van der Waals surface area contributed by atoms with Crippen LogP contribution in [-0.4, -0.2) is 64.6 Å².